The Kier molecular flexibility index (Phi) is 6.26. The molecule has 1 amide bonds. The van der Waals surface area contributed by atoms with Gasteiger partial charge in [0, 0.05) is 31.3 Å². The van der Waals surface area contributed by atoms with Crippen molar-refractivity contribution in [1.29, 1.82) is 0 Å². The third kappa shape index (κ3) is 4.04. The van der Waals surface area contributed by atoms with Crippen LogP contribution in [0.15, 0.2) is 36.4 Å². The fourth-order valence-electron chi connectivity index (χ4n) is 4.66. The summed E-state index contributed by atoms with van der Waals surface area (Å²) in [5.41, 5.74) is 3.29. The van der Waals surface area contributed by atoms with Crippen molar-refractivity contribution in [3.8, 4) is 5.75 Å². The molecule has 0 atom stereocenters. The Balaban J connectivity index is 1.53. The Bertz CT molecular complexity index is 942. The first-order valence-corrected chi connectivity index (χ1v) is 10.9. The lowest BCUT2D eigenvalue weighted by molar-refractivity contribution is -0.122. The maximum atomic E-state index is 12.7. The number of methoxy groups -OCH3 is 2. The third-order valence-electron chi connectivity index (χ3n) is 6.30. The topological polar surface area (TPSA) is 42.0 Å². The number of piperidine rings is 1. The second-order valence-corrected chi connectivity index (χ2v) is 8.92. The first-order valence-electron chi connectivity index (χ1n) is 10.1. The van der Waals surface area contributed by atoms with Gasteiger partial charge in [-0.1, -0.05) is 29.3 Å². The highest BCUT2D eigenvalue weighted by atomic mass is 35.5. The predicted molar refractivity (Wildman–Crippen MR) is 120 cm³/mol. The molecular formula is C23H26Cl2N2O3. The van der Waals surface area contributed by atoms with Gasteiger partial charge < -0.3 is 14.4 Å². The van der Waals surface area contributed by atoms with E-state index in [4.69, 9.17) is 32.7 Å². The number of rotatable bonds is 5. The molecule has 1 saturated heterocycles. The van der Waals surface area contributed by atoms with Gasteiger partial charge in [-0.05, 0) is 67.4 Å². The summed E-state index contributed by atoms with van der Waals surface area (Å²) >= 11 is 12.2. The zero-order valence-corrected chi connectivity index (χ0v) is 18.8. The summed E-state index contributed by atoms with van der Waals surface area (Å²) in [7, 11) is 3.23. The molecule has 2 aromatic carbocycles. The maximum absolute atomic E-state index is 12.7. The highest BCUT2D eigenvalue weighted by molar-refractivity contribution is 6.42. The van der Waals surface area contributed by atoms with E-state index < -0.39 is 0 Å². The van der Waals surface area contributed by atoms with Crippen LogP contribution in [0.25, 0.3) is 0 Å². The summed E-state index contributed by atoms with van der Waals surface area (Å²) in [6.45, 7) is 3.51. The zero-order valence-electron chi connectivity index (χ0n) is 17.3. The number of carbonyl (C=O) groups is 1. The Morgan fingerprint density at radius 1 is 1.07 bits per heavy atom. The van der Waals surface area contributed by atoms with Crippen LogP contribution in [0.4, 0.5) is 5.69 Å². The zero-order chi connectivity index (χ0) is 21.3. The minimum absolute atomic E-state index is 0.000900. The molecule has 0 unspecified atom stereocenters. The number of hydrogen-bond acceptors (Lipinski definition) is 4. The van der Waals surface area contributed by atoms with Gasteiger partial charge >= 0.3 is 0 Å². The van der Waals surface area contributed by atoms with Gasteiger partial charge in [0.25, 0.3) is 5.91 Å². The quantitative estimate of drug-likeness (QED) is 0.673. The first-order chi connectivity index (χ1) is 14.5. The van der Waals surface area contributed by atoms with Gasteiger partial charge in [-0.3, -0.25) is 9.69 Å². The monoisotopic (exact) mass is 448 g/mol. The van der Waals surface area contributed by atoms with Gasteiger partial charge in [-0.25, -0.2) is 0 Å². The van der Waals surface area contributed by atoms with E-state index in [0.717, 1.165) is 49.5 Å². The summed E-state index contributed by atoms with van der Waals surface area (Å²) in [5.74, 6) is 0.825. The molecule has 0 bridgehead atoms. The summed E-state index contributed by atoms with van der Waals surface area (Å²) in [6, 6.07) is 11.8. The summed E-state index contributed by atoms with van der Waals surface area (Å²) in [5, 5.41) is 1.17. The number of benzene rings is 2. The van der Waals surface area contributed by atoms with Crippen molar-refractivity contribution in [3.05, 3.63) is 57.6 Å². The summed E-state index contributed by atoms with van der Waals surface area (Å²) in [6.07, 6.45) is 1.95. The second kappa shape index (κ2) is 8.75. The van der Waals surface area contributed by atoms with Crippen LogP contribution in [0.2, 0.25) is 10.0 Å². The normalized spacial score (nSPS) is 17.9. The lowest BCUT2D eigenvalue weighted by Crippen LogP contribution is -2.46. The van der Waals surface area contributed by atoms with Gasteiger partial charge in [0.05, 0.1) is 17.2 Å². The number of ether oxygens (including phenoxy) is 2. The number of hydrogen-bond donors (Lipinski definition) is 0. The van der Waals surface area contributed by atoms with Crippen LogP contribution in [-0.2, 0) is 21.5 Å². The third-order valence-corrected chi connectivity index (χ3v) is 7.04. The van der Waals surface area contributed by atoms with E-state index in [-0.39, 0.29) is 17.9 Å². The lowest BCUT2D eigenvalue weighted by atomic mass is 9.74. The van der Waals surface area contributed by atoms with Crippen LogP contribution in [0.3, 0.4) is 0 Å². The number of amides is 1. The molecule has 0 aliphatic carbocycles. The average Bonchev–Trinajstić information content (AvgIpc) is 3.06. The fraction of sp³-hybridized carbons (Fsp3) is 0.435. The molecule has 160 valence electrons. The van der Waals surface area contributed by atoms with Gasteiger partial charge in [0.1, 0.15) is 12.4 Å². The Labute approximate surface area is 187 Å². The average molecular weight is 449 g/mol. The van der Waals surface area contributed by atoms with Crippen LogP contribution < -0.4 is 9.64 Å². The van der Waals surface area contributed by atoms with Gasteiger partial charge in [0.15, 0.2) is 0 Å². The van der Waals surface area contributed by atoms with Crippen LogP contribution in [0.1, 0.15) is 24.0 Å². The molecule has 1 fully saturated rings. The Morgan fingerprint density at radius 3 is 2.50 bits per heavy atom. The predicted octanol–water partition coefficient (Wildman–Crippen LogP) is 4.53. The molecule has 7 heteroatoms. The molecule has 2 aliphatic rings. The van der Waals surface area contributed by atoms with E-state index in [9.17, 15) is 4.79 Å². The van der Waals surface area contributed by atoms with Crippen molar-refractivity contribution in [2.45, 2.75) is 24.8 Å². The molecule has 0 radical (unpaired) electrons. The van der Waals surface area contributed by atoms with E-state index in [1.54, 1.807) is 14.2 Å². The molecule has 0 aromatic heterocycles. The SMILES string of the molecule is COCC(=O)N1CC2(CCN(Cc3ccc(Cl)c(Cl)c3)CC2)c2cc(OC)ccc21. The number of fused-ring (bicyclic) bond motifs is 2. The fourth-order valence-corrected chi connectivity index (χ4v) is 4.98. The molecule has 2 aromatic rings. The van der Waals surface area contributed by atoms with E-state index in [1.807, 2.05) is 35.2 Å². The van der Waals surface area contributed by atoms with Gasteiger partial charge in [0.2, 0.25) is 0 Å². The lowest BCUT2D eigenvalue weighted by Gasteiger charge is -2.40. The molecule has 2 heterocycles. The van der Waals surface area contributed by atoms with Crippen LogP contribution in [0, 0.1) is 0 Å². The molecule has 4 rings (SSSR count). The van der Waals surface area contributed by atoms with E-state index in [0.29, 0.717) is 16.6 Å². The van der Waals surface area contributed by atoms with Crippen LogP contribution in [0.5, 0.6) is 5.75 Å². The number of anilines is 1. The molecule has 1 spiro atoms. The van der Waals surface area contributed by atoms with E-state index >= 15 is 0 Å². The van der Waals surface area contributed by atoms with E-state index in [2.05, 4.69) is 11.0 Å². The standard InChI is InChI=1S/C23H26Cl2N2O3/c1-29-14-22(28)27-15-23(18-12-17(30-2)4-6-21(18)27)7-9-26(10-8-23)13-16-3-5-19(24)20(25)11-16/h3-6,11-12H,7-10,13-15H2,1-2H3. The maximum Gasteiger partial charge on any atom is 0.252 e. The van der Waals surface area contributed by atoms with Crippen LogP contribution >= 0.6 is 23.2 Å². The minimum atomic E-state index is -0.0542. The molecule has 30 heavy (non-hydrogen) atoms. The largest absolute Gasteiger partial charge is 0.497 e. The van der Waals surface area contributed by atoms with Crippen molar-refractivity contribution in [1.82, 2.24) is 4.90 Å². The van der Waals surface area contributed by atoms with Gasteiger partial charge in [-0.2, -0.15) is 0 Å². The molecule has 0 N–H and O–H groups in total. The molecule has 5 nitrogen and oxygen atoms in total. The van der Waals surface area contributed by atoms with Crippen molar-refractivity contribution in [3.63, 3.8) is 0 Å². The first kappa shape index (κ1) is 21.4. The van der Waals surface area contributed by atoms with Crippen molar-refractivity contribution in [2.75, 3.05) is 45.4 Å². The number of nitrogens with zero attached hydrogens (tertiary/aromatic N) is 2. The van der Waals surface area contributed by atoms with Crippen molar-refractivity contribution < 1.29 is 14.3 Å². The summed E-state index contributed by atoms with van der Waals surface area (Å²) < 4.78 is 10.6. The summed E-state index contributed by atoms with van der Waals surface area (Å²) in [4.78, 5) is 17.0. The van der Waals surface area contributed by atoms with Gasteiger partial charge in [-0.15, -0.1) is 0 Å². The molecule has 2 aliphatic heterocycles. The Hall–Kier alpha value is -1.79. The van der Waals surface area contributed by atoms with Crippen molar-refractivity contribution >= 4 is 34.8 Å². The number of carbonyl (C=O) groups excluding carboxylic acids is 1. The minimum Gasteiger partial charge on any atom is -0.497 e. The van der Waals surface area contributed by atoms with Crippen LogP contribution in [-0.4, -0.2) is 51.3 Å². The molecule has 0 saturated carbocycles. The Morgan fingerprint density at radius 2 is 1.83 bits per heavy atom. The van der Waals surface area contributed by atoms with Crippen molar-refractivity contribution in [2.24, 2.45) is 0 Å². The molecular weight excluding hydrogens is 423 g/mol. The highest BCUT2D eigenvalue weighted by Crippen LogP contribution is 2.48. The highest BCUT2D eigenvalue weighted by Gasteiger charge is 2.46. The second-order valence-electron chi connectivity index (χ2n) is 8.10. The van der Waals surface area contributed by atoms with E-state index in [1.165, 1.54) is 5.56 Å². The smallest absolute Gasteiger partial charge is 0.252 e. The number of halogens is 2. The number of likely N-dealkylation sites (tertiary alicyclic amines) is 1.